The zero-order valence-electron chi connectivity index (χ0n) is 12.2. The Kier molecular flexibility index (Phi) is 4.68. The third kappa shape index (κ3) is 3.38. The van der Waals surface area contributed by atoms with Crippen LogP contribution in [0.2, 0.25) is 0 Å². The number of carbonyl (C=O) groups is 1. The average Bonchev–Trinajstić information content (AvgIpc) is 2.77. The first-order valence-corrected chi connectivity index (χ1v) is 7.05. The number of nitro groups is 2. The maximum atomic E-state index is 12.0. The molecule has 1 amide bonds. The molecule has 0 aliphatic heterocycles. The maximum Gasteiger partial charge on any atom is 0.468 e. The molecule has 0 atom stereocenters. The van der Waals surface area contributed by atoms with Crippen LogP contribution in [0.25, 0.3) is 0 Å². The number of nitrogens with one attached hydrogen (secondary N) is 1. The van der Waals surface area contributed by atoms with Gasteiger partial charge in [-0.2, -0.15) is 4.68 Å². The summed E-state index contributed by atoms with van der Waals surface area (Å²) in [6, 6.07) is 0.0992. The zero-order chi connectivity index (χ0) is 16.3. The van der Waals surface area contributed by atoms with Gasteiger partial charge >= 0.3 is 11.5 Å². The number of nitrogens with zero attached hydrogens (tertiary/aromatic N) is 4. The first-order valence-electron chi connectivity index (χ1n) is 7.05. The molecule has 1 aromatic rings. The Hall–Kier alpha value is -2.52. The van der Waals surface area contributed by atoms with E-state index in [0.717, 1.165) is 36.8 Å². The molecule has 1 aliphatic carbocycles. The molecule has 22 heavy (non-hydrogen) atoms. The molecule has 0 radical (unpaired) electrons. The Morgan fingerprint density at radius 2 is 1.91 bits per heavy atom. The van der Waals surface area contributed by atoms with E-state index in [2.05, 4.69) is 10.4 Å². The van der Waals surface area contributed by atoms with Crippen LogP contribution in [0.3, 0.4) is 0 Å². The second-order valence-corrected chi connectivity index (χ2v) is 5.33. The predicted octanol–water partition coefficient (Wildman–Crippen LogP) is 1.46. The zero-order valence-corrected chi connectivity index (χ0v) is 12.2. The predicted molar refractivity (Wildman–Crippen MR) is 75.3 cm³/mol. The van der Waals surface area contributed by atoms with Gasteiger partial charge in [0.05, 0.1) is 10.0 Å². The van der Waals surface area contributed by atoms with Crippen molar-refractivity contribution in [3.63, 3.8) is 0 Å². The van der Waals surface area contributed by atoms with E-state index in [0.29, 0.717) is 0 Å². The molecule has 0 unspecified atom stereocenters. The number of rotatable bonds is 5. The molecule has 1 heterocycles. The van der Waals surface area contributed by atoms with Gasteiger partial charge < -0.3 is 15.4 Å². The quantitative estimate of drug-likeness (QED) is 0.646. The average molecular weight is 311 g/mol. The van der Waals surface area contributed by atoms with Crippen molar-refractivity contribution in [2.24, 2.45) is 0 Å². The minimum absolute atomic E-state index is 0.00417. The van der Waals surface area contributed by atoms with Crippen molar-refractivity contribution in [2.45, 2.75) is 51.6 Å². The number of aromatic nitrogens is 2. The van der Waals surface area contributed by atoms with Crippen LogP contribution in [-0.4, -0.2) is 31.6 Å². The summed E-state index contributed by atoms with van der Waals surface area (Å²) in [6.45, 7) is 1.07. The fraction of sp³-hybridized carbons (Fsp3) is 0.667. The lowest BCUT2D eigenvalue weighted by Gasteiger charge is -2.22. The van der Waals surface area contributed by atoms with Crippen LogP contribution >= 0.6 is 0 Å². The molecule has 0 saturated heterocycles. The Bertz CT molecular complexity index is 605. The molecule has 1 aromatic heterocycles. The Morgan fingerprint density at radius 1 is 1.27 bits per heavy atom. The summed E-state index contributed by atoms with van der Waals surface area (Å²) >= 11 is 0. The van der Waals surface area contributed by atoms with Crippen LogP contribution in [0.5, 0.6) is 0 Å². The summed E-state index contributed by atoms with van der Waals surface area (Å²) in [7, 11) is 0. The lowest BCUT2D eigenvalue weighted by molar-refractivity contribution is -0.424. The van der Waals surface area contributed by atoms with E-state index in [1.807, 2.05) is 0 Å². The van der Waals surface area contributed by atoms with Gasteiger partial charge in [0, 0.05) is 6.04 Å². The van der Waals surface area contributed by atoms with Gasteiger partial charge in [0.25, 0.3) is 0 Å². The fourth-order valence-corrected chi connectivity index (χ4v) is 2.67. The highest BCUT2D eigenvalue weighted by Crippen LogP contribution is 2.29. The van der Waals surface area contributed by atoms with Gasteiger partial charge in [-0.1, -0.05) is 19.3 Å². The molecular weight excluding hydrogens is 294 g/mol. The third-order valence-electron chi connectivity index (χ3n) is 3.78. The molecule has 10 nitrogen and oxygen atoms in total. The van der Waals surface area contributed by atoms with E-state index in [1.54, 1.807) is 0 Å². The van der Waals surface area contributed by atoms with Crippen molar-refractivity contribution in [3.8, 4) is 0 Å². The molecule has 1 saturated carbocycles. The first-order chi connectivity index (χ1) is 10.4. The largest absolute Gasteiger partial charge is 0.468 e. The third-order valence-corrected chi connectivity index (χ3v) is 3.78. The second-order valence-electron chi connectivity index (χ2n) is 5.33. The minimum Gasteiger partial charge on any atom is -0.358 e. The van der Waals surface area contributed by atoms with E-state index in [1.165, 1.54) is 6.92 Å². The normalized spacial score (nSPS) is 15.5. The standard InChI is InChI=1S/C12H17N5O5/c1-8-11(16(19)20)12(17(21)22)14-15(8)7-10(18)13-9-5-3-2-4-6-9/h9H,2-7H2,1H3,(H,13,18). The Morgan fingerprint density at radius 3 is 2.41 bits per heavy atom. The SMILES string of the molecule is Cc1c([N+](=O)[O-])c([N+](=O)[O-])nn1CC(=O)NC1CCCCC1. The van der Waals surface area contributed by atoms with Crippen molar-refractivity contribution >= 4 is 17.4 Å². The van der Waals surface area contributed by atoms with Crippen LogP contribution in [-0.2, 0) is 11.3 Å². The van der Waals surface area contributed by atoms with Crippen LogP contribution in [0.1, 0.15) is 37.8 Å². The maximum absolute atomic E-state index is 12.0. The van der Waals surface area contributed by atoms with Crippen molar-refractivity contribution in [3.05, 3.63) is 25.9 Å². The van der Waals surface area contributed by atoms with Gasteiger partial charge in [0.15, 0.2) is 0 Å². The van der Waals surface area contributed by atoms with Crippen LogP contribution in [0.4, 0.5) is 11.5 Å². The van der Waals surface area contributed by atoms with E-state index >= 15 is 0 Å². The lowest BCUT2D eigenvalue weighted by Crippen LogP contribution is -2.38. The number of hydrogen-bond acceptors (Lipinski definition) is 6. The number of hydrogen-bond donors (Lipinski definition) is 1. The van der Waals surface area contributed by atoms with Crippen LogP contribution < -0.4 is 5.32 Å². The Balaban J connectivity index is 2.12. The Labute approximate surface area is 125 Å². The topological polar surface area (TPSA) is 133 Å². The lowest BCUT2D eigenvalue weighted by atomic mass is 9.95. The highest BCUT2D eigenvalue weighted by atomic mass is 16.6. The highest BCUT2D eigenvalue weighted by Gasteiger charge is 2.35. The molecule has 0 spiro atoms. The van der Waals surface area contributed by atoms with E-state index in [4.69, 9.17) is 0 Å². The van der Waals surface area contributed by atoms with E-state index < -0.39 is 21.4 Å². The summed E-state index contributed by atoms with van der Waals surface area (Å²) in [5, 5.41) is 28.2. The monoisotopic (exact) mass is 311 g/mol. The van der Waals surface area contributed by atoms with Gasteiger partial charge in [0.1, 0.15) is 12.2 Å². The molecule has 1 fully saturated rings. The highest BCUT2D eigenvalue weighted by molar-refractivity contribution is 5.76. The van der Waals surface area contributed by atoms with E-state index in [9.17, 15) is 25.0 Å². The number of amides is 1. The van der Waals surface area contributed by atoms with Gasteiger partial charge in [0.2, 0.25) is 5.91 Å². The van der Waals surface area contributed by atoms with Crippen LogP contribution in [0.15, 0.2) is 0 Å². The summed E-state index contributed by atoms with van der Waals surface area (Å²) in [5.41, 5.74) is -0.675. The van der Waals surface area contributed by atoms with Gasteiger partial charge in [-0.15, -0.1) is 0 Å². The summed E-state index contributed by atoms with van der Waals surface area (Å²) in [5.74, 6) is -1.18. The molecule has 1 N–H and O–H groups in total. The number of carbonyl (C=O) groups excluding carboxylic acids is 1. The van der Waals surface area contributed by atoms with Crippen LogP contribution in [0, 0.1) is 27.2 Å². The summed E-state index contributed by atoms with van der Waals surface area (Å²) in [4.78, 5) is 31.9. The first kappa shape index (κ1) is 15.9. The molecular formula is C12H17N5O5. The molecule has 10 heteroatoms. The summed E-state index contributed by atoms with van der Waals surface area (Å²) in [6.07, 6.45) is 5.09. The van der Waals surface area contributed by atoms with E-state index in [-0.39, 0.29) is 24.2 Å². The summed E-state index contributed by atoms with van der Waals surface area (Å²) < 4.78 is 1.01. The fourth-order valence-electron chi connectivity index (χ4n) is 2.67. The molecule has 120 valence electrons. The van der Waals surface area contributed by atoms with Gasteiger partial charge in [-0.05, 0) is 24.7 Å². The van der Waals surface area contributed by atoms with Crippen molar-refractivity contribution < 1.29 is 14.6 Å². The van der Waals surface area contributed by atoms with Crippen molar-refractivity contribution in [1.82, 2.24) is 15.1 Å². The minimum atomic E-state index is -0.916. The molecule has 2 rings (SSSR count). The molecule has 1 aliphatic rings. The second kappa shape index (κ2) is 6.50. The van der Waals surface area contributed by atoms with Crippen molar-refractivity contribution in [2.75, 3.05) is 0 Å². The molecule has 0 bridgehead atoms. The van der Waals surface area contributed by atoms with Gasteiger partial charge in [-0.3, -0.25) is 14.9 Å². The van der Waals surface area contributed by atoms with Gasteiger partial charge in [-0.25, -0.2) is 0 Å². The molecule has 0 aromatic carbocycles. The smallest absolute Gasteiger partial charge is 0.358 e. The van der Waals surface area contributed by atoms with Crippen molar-refractivity contribution in [1.29, 1.82) is 0 Å².